The highest BCUT2D eigenvalue weighted by atomic mass is 35.5. The molecule has 2 aromatic carbocycles. The maximum absolute atomic E-state index is 13.0. The largest absolute Gasteiger partial charge is 0.487 e. The zero-order valence-electron chi connectivity index (χ0n) is 19.0. The molecule has 0 bridgehead atoms. The quantitative estimate of drug-likeness (QED) is 0.516. The molecule has 3 heterocycles. The smallest absolute Gasteiger partial charge is 0.244 e. The number of aromatic nitrogens is 2. The maximum atomic E-state index is 13.0. The van der Waals surface area contributed by atoms with Crippen LogP contribution in [0, 0.1) is 0 Å². The fourth-order valence-corrected chi connectivity index (χ4v) is 4.58. The molecule has 7 nitrogen and oxygen atoms in total. The molecule has 178 valence electrons. The monoisotopic (exact) mass is 481 g/mol. The van der Waals surface area contributed by atoms with Gasteiger partial charge in [0.1, 0.15) is 19.8 Å². The van der Waals surface area contributed by atoms with E-state index in [2.05, 4.69) is 11.2 Å². The zero-order valence-corrected chi connectivity index (χ0v) is 19.7. The highest BCUT2D eigenvalue weighted by Gasteiger charge is 2.25. The molecule has 1 aromatic heterocycles. The molecule has 1 fully saturated rings. The minimum absolute atomic E-state index is 0.00798. The summed E-state index contributed by atoms with van der Waals surface area (Å²) in [6, 6.07) is 13.6. The van der Waals surface area contributed by atoms with Crippen molar-refractivity contribution in [3.63, 3.8) is 0 Å². The third-order valence-corrected chi connectivity index (χ3v) is 6.40. The molecule has 0 N–H and O–H groups in total. The molecule has 0 aliphatic carbocycles. The molecule has 2 aliphatic rings. The highest BCUT2D eigenvalue weighted by Crippen LogP contribution is 2.39. The molecule has 0 saturated carbocycles. The summed E-state index contributed by atoms with van der Waals surface area (Å²) in [7, 11) is 0. The normalized spacial score (nSPS) is 18.0. The van der Waals surface area contributed by atoms with Crippen LogP contribution in [-0.2, 0) is 22.6 Å². The minimum Gasteiger partial charge on any atom is -0.487 e. The van der Waals surface area contributed by atoms with Gasteiger partial charge in [-0.1, -0.05) is 23.7 Å². The van der Waals surface area contributed by atoms with Crippen LogP contribution in [0.4, 0.5) is 0 Å². The van der Waals surface area contributed by atoms with Crippen molar-refractivity contribution in [2.24, 2.45) is 0 Å². The van der Waals surface area contributed by atoms with Crippen LogP contribution >= 0.6 is 11.6 Å². The molecule has 0 spiro atoms. The van der Waals surface area contributed by atoms with Gasteiger partial charge in [-0.2, -0.15) is 5.10 Å². The van der Waals surface area contributed by atoms with E-state index < -0.39 is 0 Å². The number of carbonyl (C=O) groups excluding carboxylic acids is 1. The highest BCUT2D eigenvalue weighted by molar-refractivity contribution is 6.30. The molecule has 0 radical (unpaired) electrons. The van der Waals surface area contributed by atoms with Crippen LogP contribution in [0.1, 0.15) is 24.8 Å². The first kappa shape index (κ1) is 22.7. The standard InChI is InChI=1S/C26H28ClN3O4/c27-22-6-3-5-19(14-22)20-13-21-16-29(25(31)17-30-9-4-8-28-30)10-12-33-26(21)24(15-20)34-18-23-7-1-2-11-32-23/h3-6,8-9,13-15,23H,1-2,7,10-12,16-18H2. The van der Waals surface area contributed by atoms with E-state index in [1.165, 1.54) is 0 Å². The van der Waals surface area contributed by atoms with Crippen molar-refractivity contribution in [1.29, 1.82) is 0 Å². The fraction of sp³-hybridized carbons (Fsp3) is 0.385. The maximum Gasteiger partial charge on any atom is 0.244 e. The molecule has 1 atom stereocenters. The van der Waals surface area contributed by atoms with E-state index in [0.717, 1.165) is 42.6 Å². The molecule has 5 rings (SSSR count). The Hall–Kier alpha value is -3.03. The van der Waals surface area contributed by atoms with Gasteiger partial charge in [0, 0.05) is 36.1 Å². The summed E-state index contributed by atoms with van der Waals surface area (Å²) in [6.45, 7) is 2.76. The second-order valence-electron chi connectivity index (χ2n) is 8.64. The molecule has 8 heteroatoms. The van der Waals surface area contributed by atoms with Crippen LogP contribution in [0.3, 0.4) is 0 Å². The lowest BCUT2D eigenvalue weighted by molar-refractivity contribution is -0.132. The number of halogens is 1. The van der Waals surface area contributed by atoms with Gasteiger partial charge in [0.15, 0.2) is 11.5 Å². The Morgan fingerprint density at radius 1 is 1.15 bits per heavy atom. The minimum atomic E-state index is -0.00798. The Labute approximate surface area is 204 Å². The molecule has 1 amide bonds. The van der Waals surface area contributed by atoms with Crippen molar-refractivity contribution in [3.05, 3.63) is 65.4 Å². The van der Waals surface area contributed by atoms with Crippen molar-refractivity contribution < 1.29 is 19.0 Å². The molecular formula is C26H28ClN3O4. The van der Waals surface area contributed by atoms with Gasteiger partial charge >= 0.3 is 0 Å². The number of nitrogens with zero attached hydrogens (tertiary/aromatic N) is 3. The van der Waals surface area contributed by atoms with E-state index in [4.69, 9.17) is 25.8 Å². The summed E-state index contributed by atoms with van der Waals surface area (Å²) in [5.41, 5.74) is 2.85. The van der Waals surface area contributed by atoms with Crippen LogP contribution in [0.25, 0.3) is 11.1 Å². The van der Waals surface area contributed by atoms with E-state index in [1.54, 1.807) is 17.1 Å². The topological polar surface area (TPSA) is 65.8 Å². The van der Waals surface area contributed by atoms with Gasteiger partial charge in [0.25, 0.3) is 0 Å². The third-order valence-electron chi connectivity index (χ3n) is 6.17. The van der Waals surface area contributed by atoms with Crippen molar-refractivity contribution in [2.75, 3.05) is 26.4 Å². The summed E-state index contributed by atoms with van der Waals surface area (Å²) in [5.74, 6) is 1.35. The lowest BCUT2D eigenvalue weighted by atomic mass is 10.0. The number of hydrogen-bond donors (Lipinski definition) is 0. The zero-order chi connectivity index (χ0) is 23.3. The number of hydrogen-bond acceptors (Lipinski definition) is 5. The fourth-order valence-electron chi connectivity index (χ4n) is 4.39. The Morgan fingerprint density at radius 3 is 2.88 bits per heavy atom. The van der Waals surface area contributed by atoms with E-state index in [1.807, 2.05) is 41.3 Å². The van der Waals surface area contributed by atoms with Gasteiger partial charge < -0.3 is 19.1 Å². The second-order valence-corrected chi connectivity index (χ2v) is 9.08. The number of benzene rings is 2. The number of carbonyl (C=O) groups is 1. The number of amides is 1. The summed E-state index contributed by atoms with van der Waals surface area (Å²) in [6.07, 6.45) is 6.78. The van der Waals surface area contributed by atoms with Crippen LogP contribution < -0.4 is 9.47 Å². The van der Waals surface area contributed by atoms with Crippen molar-refractivity contribution >= 4 is 17.5 Å². The average molecular weight is 482 g/mol. The Morgan fingerprint density at radius 2 is 2.09 bits per heavy atom. The molecule has 2 aliphatic heterocycles. The van der Waals surface area contributed by atoms with Crippen molar-refractivity contribution in [2.45, 2.75) is 38.5 Å². The molecule has 1 saturated heterocycles. The number of ether oxygens (including phenoxy) is 3. The predicted molar refractivity (Wildman–Crippen MR) is 129 cm³/mol. The first-order valence-corrected chi connectivity index (χ1v) is 12.1. The van der Waals surface area contributed by atoms with Gasteiger partial charge in [0.2, 0.25) is 5.91 Å². The van der Waals surface area contributed by atoms with Crippen molar-refractivity contribution in [3.8, 4) is 22.6 Å². The Kier molecular flexibility index (Phi) is 7.02. The number of rotatable bonds is 6. The van der Waals surface area contributed by atoms with E-state index >= 15 is 0 Å². The predicted octanol–water partition coefficient (Wildman–Crippen LogP) is 4.57. The van der Waals surface area contributed by atoms with Gasteiger partial charge in [-0.25, -0.2) is 0 Å². The van der Waals surface area contributed by atoms with E-state index in [9.17, 15) is 4.79 Å². The average Bonchev–Trinajstić information content (AvgIpc) is 3.26. The lowest BCUT2D eigenvalue weighted by Crippen LogP contribution is -2.35. The van der Waals surface area contributed by atoms with Gasteiger partial charge in [-0.3, -0.25) is 9.48 Å². The molecule has 1 unspecified atom stereocenters. The Balaban J connectivity index is 1.44. The summed E-state index contributed by atoms with van der Waals surface area (Å²) in [5, 5.41) is 4.82. The van der Waals surface area contributed by atoms with E-state index in [-0.39, 0.29) is 18.6 Å². The van der Waals surface area contributed by atoms with Crippen LogP contribution in [0.15, 0.2) is 54.9 Å². The SMILES string of the molecule is O=C(Cn1cccn1)N1CCOc2c(cc(-c3cccc(Cl)c3)cc2OCC2CCCCO2)C1. The molecular weight excluding hydrogens is 454 g/mol. The molecule has 3 aromatic rings. The Bertz CT molecular complexity index is 1130. The summed E-state index contributed by atoms with van der Waals surface area (Å²) < 4.78 is 19.9. The van der Waals surface area contributed by atoms with Crippen molar-refractivity contribution in [1.82, 2.24) is 14.7 Å². The van der Waals surface area contributed by atoms with E-state index in [0.29, 0.717) is 42.8 Å². The van der Waals surface area contributed by atoms with Gasteiger partial charge in [-0.05, 0) is 60.7 Å². The first-order chi connectivity index (χ1) is 16.7. The lowest BCUT2D eigenvalue weighted by Gasteiger charge is -2.24. The molecule has 34 heavy (non-hydrogen) atoms. The third kappa shape index (κ3) is 5.37. The van der Waals surface area contributed by atoms with Crippen LogP contribution in [-0.4, -0.2) is 53.1 Å². The summed E-state index contributed by atoms with van der Waals surface area (Å²) >= 11 is 6.27. The summed E-state index contributed by atoms with van der Waals surface area (Å²) in [4.78, 5) is 14.8. The van der Waals surface area contributed by atoms with Crippen LogP contribution in [0.5, 0.6) is 11.5 Å². The van der Waals surface area contributed by atoms with Gasteiger partial charge in [-0.15, -0.1) is 0 Å². The van der Waals surface area contributed by atoms with Gasteiger partial charge in [0.05, 0.1) is 12.6 Å². The second kappa shape index (κ2) is 10.5. The van der Waals surface area contributed by atoms with Crippen LogP contribution in [0.2, 0.25) is 5.02 Å². The number of fused-ring (bicyclic) bond motifs is 1. The first-order valence-electron chi connectivity index (χ1n) is 11.7.